The number of rotatable bonds is 2. The average Bonchev–Trinajstić information content (AvgIpc) is 2.69. The van der Waals surface area contributed by atoms with E-state index in [1.54, 1.807) is 6.08 Å². The van der Waals surface area contributed by atoms with Gasteiger partial charge in [-0.25, -0.2) is 0 Å². The molecule has 1 unspecified atom stereocenters. The summed E-state index contributed by atoms with van der Waals surface area (Å²) >= 11 is 0. The maximum absolute atomic E-state index is 9.25. The summed E-state index contributed by atoms with van der Waals surface area (Å²) < 4.78 is 6.08. The van der Waals surface area contributed by atoms with E-state index in [0.717, 1.165) is 37.3 Å². The molecule has 3 aliphatic rings. The molecular weight excluding hydrogens is 334 g/mol. The molecule has 0 radical (unpaired) electrons. The highest BCUT2D eigenvalue weighted by Crippen LogP contribution is 2.46. The maximum Gasteiger partial charge on any atom is 0.137 e. The predicted octanol–water partition coefficient (Wildman–Crippen LogP) is 4.73. The van der Waals surface area contributed by atoms with Crippen LogP contribution in [0, 0.1) is 22.7 Å². The van der Waals surface area contributed by atoms with Crippen molar-refractivity contribution in [2.75, 3.05) is 18.0 Å². The van der Waals surface area contributed by atoms with E-state index in [1.807, 2.05) is 31.2 Å². The molecule has 0 aliphatic carbocycles. The Morgan fingerprint density at radius 3 is 2.81 bits per heavy atom. The molecular formula is C23H21N3O. The van der Waals surface area contributed by atoms with Gasteiger partial charge in [-0.05, 0) is 67.2 Å². The van der Waals surface area contributed by atoms with Crippen molar-refractivity contribution >= 4 is 11.8 Å². The molecule has 3 aliphatic heterocycles. The topological polar surface area (TPSA) is 60.1 Å². The Morgan fingerprint density at radius 1 is 1.26 bits per heavy atom. The largest absolute Gasteiger partial charge is 0.466 e. The molecule has 1 aromatic carbocycles. The van der Waals surface area contributed by atoms with Crippen molar-refractivity contribution in [2.45, 2.75) is 32.1 Å². The summed E-state index contributed by atoms with van der Waals surface area (Å²) in [5.41, 5.74) is 5.87. The van der Waals surface area contributed by atoms with Crippen LogP contribution in [0.1, 0.15) is 42.4 Å². The lowest BCUT2D eigenvalue weighted by Gasteiger charge is -2.41. The molecule has 0 amide bonds. The van der Waals surface area contributed by atoms with Crippen LogP contribution in [-0.4, -0.2) is 13.1 Å². The molecule has 4 heteroatoms. The Labute approximate surface area is 160 Å². The van der Waals surface area contributed by atoms with Crippen molar-refractivity contribution < 1.29 is 4.74 Å². The molecule has 0 saturated heterocycles. The number of nitriles is 2. The minimum absolute atomic E-state index is 0.116. The minimum atomic E-state index is 0.116. The van der Waals surface area contributed by atoms with E-state index in [1.165, 1.54) is 23.2 Å². The summed E-state index contributed by atoms with van der Waals surface area (Å²) in [5, 5.41) is 18.5. The van der Waals surface area contributed by atoms with Crippen LogP contribution in [0.25, 0.3) is 6.08 Å². The van der Waals surface area contributed by atoms with E-state index in [2.05, 4.69) is 23.6 Å². The van der Waals surface area contributed by atoms with Crippen molar-refractivity contribution in [3.05, 3.63) is 70.2 Å². The van der Waals surface area contributed by atoms with Gasteiger partial charge >= 0.3 is 0 Å². The molecule has 0 N–H and O–H groups in total. The van der Waals surface area contributed by atoms with E-state index >= 15 is 0 Å². The average molecular weight is 355 g/mol. The first-order valence-electron chi connectivity index (χ1n) is 9.31. The van der Waals surface area contributed by atoms with E-state index in [-0.39, 0.29) is 11.5 Å². The Morgan fingerprint density at radius 2 is 2.07 bits per heavy atom. The molecule has 0 saturated carbocycles. The highest BCUT2D eigenvalue weighted by atomic mass is 16.5. The standard InChI is InChI=1S/C23H21N3O/c1-3-16-10-17-5-4-7-26-8-6-20(21(11-16)23(17)26)22-12-18(9-15(2)27-22)19(13-24)14-25/h3,9-12,20H,1,4-8H2,2H3. The fourth-order valence-electron chi connectivity index (χ4n) is 4.36. The molecule has 3 heterocycles. The zero-order chi connectivity index (χ0) is 19.0. The van der Waals surface area contributed by atoms with Gasteiger partial charge in [0.25, 0.3) is 0 Å². The second kappa shape index (κ2) is 6.82. The number of nitrogens with zero attached hydrogens (tertiary/aromatic N) is 3. The lowest BCUT2D eigenvalue weighted by molar-refractivity contribution is 0.268. The molecule has 1 aromatic rings. The van der Waals surface area contributed by atoms with Crippen molar-refractivity contribution in [1.29, 1.82) is 10.5 Å². The third kappa shape index (κ3) is 2.94. The second-order valence-corrected chi connectivity index (χ2v) is 7.21. The van der Waals surface area contributed by atoms with E-state index < -0.39 is 0 Å². The fourth-order valence-corrected chi connectivity index (χ4v) is 4.36. The van der Waals surface area contributed by atoms with Crippen molar-refractivity contribution in [3.8, 4) is 12.1 Å². The summed E-state index contributed by atoms with van der Waals surface area (Å²) in [6.07, 6.45) is 8.75. The van der Waals surface area contributed by atoms with Crippen LogP contribution in [0.5, 0.6) is 0 Å². The Hall–Kier alpha value is -3.24. The van der Waals surface area contributed by atoms with Gasteiger partial charge in [-0.3, -0.25) is 0 Å². The molecule has 0 fully saturated rings. The van der Waals surface area contributed by atoms with Gasteiger partial charge in [0.05, 0.1) is 0 Å². The number of ether oxygens (including phenoxy) is 1. The summed E-state index contributed by atoms with van der Waals surface area (Å²) in [4.78, 5) is 2.48. The normalized spacial score (nSPS) is 20.3. The Balaban J connectivity index is 1.85. The third-order valence-corrected chi connectivity index (χ3v) is 5.52. The fraction of sp³-hybridized carbons (Fsp3) is 0.304. The summed E-state index contributed by atoms with van der Waals surface area (Å²) in [6.45, 7) is 7.90. The van der Waals surface area contributed by atoms with Gasteiger partial charge in [-0.2, -0.15) is 10.5 Å². The molecule has 0 spiro atoms. The van der Waals surface area contributed by atoms with E-state index in [0.29, 0.717) is 11.3 Å². The van der Waals surface area contributed by atoms with Gasteiger partial charge in [0.2, 0.25) is 0 Å². The summed E-state index contributed by atoms with van der Waals surface area (Å²) in [5.74, 6) is 1.65. The number of allylic oxidation sites excluding steroid dienone is 6. The highest BCUT2D eigenvalue weighted by Gasteiger charge is 2.33. The zero-order valence-corrected chi connectivity index (χ0v) is 15.5. The first-order valence-corrected chi connectivity index (χ1v) is 9.31. The number of hydrogen-bond acceptors (Lipinski definition) is 4. The third-order valence-electron chi connectivity index (χ3n) is 5.52. The van der Waals surface area contributed by atoms with Gasteiger partial charge in [-0.1, -0.05) is 12.7 Å². The van der Waals surface area contributed by atoms with Crippen LogP contribution >= 0.6 is 0 Å². The van der Waals surface area contributed by atoms with Crippen molar-refractivity contribution in [3.63, 3.8) is 0 Å². The number of hydrogen-bond donors (Lipinski definition) is 0. The van der Waals surface area contributed by atoms with Crippen molar-refractivity contribution in [1.82, 2.24) is 0 Å². The SMILES string of the molecule is C=Cc1cc2c3c(c1)C(C1=CC(=C(C#N)C#N)C=C(C)O1)CCN3CCC2. The molecule has 27 heavy (non-hydrogen) atoms. The smallest absolute Gasteiger partial charge is 0.137 e. The molecule has 1 atom stereocenters. The van der Waals surface area contributed by atoms with Crippen LogP contribution in [-0.2, 0) is 11.2 Å². The van der Waals surface area contributed by atoms with Gasteiger partial charge in [0.1, 0.15) is 29.2 Å². The van der Waals surface area contributed by atoms with E-state index in [4.69, 9.17) is 4.74 Å². The molecule has 0 aromatic heterocycles. The van der Waals surface area contributed by atoms with Gasteiger partial charge in [-0.15, -0.1) is 0 Å². The van der Waals surface area contributed by atoms with E-state index in [9.17, 15) is 10.5 Å². The zero-order valence-electron chi connectivity index (χ0n) is 15.5. The lowest BCUT2D eigenvalue weighted by atomic mass is 9.82. The minimum Gasteiger partial charge on any atom is -0.466 e. The van der Waals surface area contributed by atoms with Crippen LogP contribution in [0.3, 0.4) is 0 Å². The summed E-state index contributed by atoms with van der Waals surface area (Å²) in [6, 6.07) is 8.44. The van der Waals surface area contributed by atoms with Gasteiger partial charge in [0.15, 0.2) is 0 Å². The molecule has 4 nitrogen and oxygen atoms in total. The van der Waals surface area contributed by atoms with Crippen LogP contribution < -0.4 is 4.90 Å². The first kappa shape index (κ1) is 17.2. The molecule has 4 rings (SSSR count). The van der Waals surface area contributed by atoms with Gasteiger partial charge in [0, 0.05) is 30.3 Å². The summed E-state index contributed by atoms with van der Waals surface area (Å²) in [7, 11) is 0. The van der Waals surface area contributed by atoms with Crippen LogP contribution in [0.2, 0.25) is 0 Å². The molecule has 134 valence electrons. The van der Waals surface area contributed by atoms with Gasteiger partial charge < -0.3 is 9.64 Å². The maximum atomic E-state index is 9.25. The Kier molecular flexibility index (Phi) is 4.34. The first-order chi connectivity index (χ1) is 13.1. The number of anilines is 1. The van der Waals surface area contributed by atoms with Crippen LogP contribution in [0.15, 0.2) is 53.5 Å². The highest BCUT2D eigenvalue weighted by molar-refractivity contribution is 5.70. The number of benzene rings is 1. The predicted molar refractivity (Wildman–Crippen MR) is 106 cm³/mol. The number of aryl methyl sites for hydroxylation is 1. The lowest BCUT2D eigenvalue weighted by Crippen LogP contribution is -2.36. The Bertz CT molecular complexity index is 982. The quantitative estimate of drug-likeness (QED) is 0.720. The van der Waals surface area contributed by atoms with Crippen molar-refractivity contribution in [2.24, 2.45) is 0 Å². The van der Waals surface area contributed by atoms with Crippen LogP contribution in [0.4, 0.5) is 5.69 Å². The molecule has 0 bridgehead atoms. The monoisotopic (exact) mass is 355 g/mol. The second-order valence-electron chi connectivity index (χ2n) is 7.21.